The number of aliphatic carboxylic acids is 1. The molecule has 0 radical (unpaired) electrons. The van der Waals surface area contributed by atoms with Crippen LogP contribution in [0.1, 0.15) is 12.0 Å². The number of hydrogen-bond donors (Lipinski definition) is 1. The van der Waals surface area contributed by atoms with Gasteiger partial charge in [0.25, 0.3) is 0 Å². The summed E-state index contributed by atoms with van der Waals surface area (Å²) in [4.78, 5) is 12.8. The molecule has 0 amide bonds. The monoisotopic (exact) mass is 203 g/mol. The van der Waals surface area contributed by atoms with Gasteiger partial charge < -0.3 is 10.0 Å². The zero-order valence-corrected chi connectivity index (χ0v) is 8.39. The predicted molar refractivity (Wildman–Crippen MR) is 57.2 cm³/mol. The zero-order valence-electron chi connectivity index (χ0n) is 8.39. The molecule has 0 unspecified atom stereocenters. The van der Waals surface area contributed by atoms with Crippen molar-refractivity contribution in [2.45, 2.75) is 13.0 Å². The molecule has 1 aliphatic rings. The summed E-state index contributed by atoms with van der Waals surface area (Å²) >= 11 is 0. The van der Waals surface area contributed by atoms with Gasteiger partial charge in [0.15, 0.2) is 0 Å². The Morgan fingerprint density at radius 3 is 2.73 bits per heavy atom. The number of carbonyl (C=O) groups is 1. The van der Waals surface area contributed by atoms with Crippen LogP contribution in [0.5, 0.6) is 0 Å². The van der Waals surface area contributed by atoms with Gasteiger partial charge in [0.2, 0.25) is 0 Å². The molecule has 1 aliphatic heterocycles. The van der Waals surface area contributed by atoms with E-state index in [9.17, 15) is 4.79 Å². The minimum absolute atomic E-state index is 0.429. The van der Waals surface area contributed by atoms with Gasteiger partial charge in [-0.2, -0.15) is 0 Å². The van der Waals surface area contributed by atoms with Crippen LogP contribution < -0.4 is 0 Å². The number of carboxylic acid groups (broad SMARTS) is 1. The lowest BCUT2D eigenvalue weighted by Gasteiger charge is -2.19. The Hall–Kier alpha value is -1.77. The van der Waals surface area contributed by atoms with Crippen molar-refractivity contribution >= 4 is 5.97 Å². The molecule has 0 aliphatic carbocycles. The summed E-state index contributed by atoms with van der Waals surface area (Å²) in [5, 5.41) is 8.95. The van der Waals surface area contributed by atoms with E-state index in [2.05, 4.69) is 0 Å². The zero-order chi connectivity index (χ0) is 10.7. The molecule has 0 saturated carbocycles. The molecule has 1 aromatic rings. The van der Waals surface area contributed by atoms with E-state index >= 15 is 0 Å². The largest absolute Gasteiger partial charge is 0.477 e. The van der Waals surface area contributed by atoms with Gasteiger partial charge in [-0.3, -0.25) is 0 Å². The molecule has 15 heavy (non-hydrogen) atoms. The Morgan fingerprint density at radius 1 is 1.33 bits per heavy atom. The molecule has 0 aromatic heterocycles. The van der Waals surface area contributed by atoms with Crippen LogP contribution in [0.3, 0.4) is 0 Å². The van der Waals surface area contributed by atoms with Crippen LogP contribution in [0.4, 0.5) is 0 Å². The van der Waals surface area contributed by atoms with E-state index in [-0.39, 0.29) is 0 Å². The van der Waals surface area contributed by atoms with E-state index in [0.717, 1.165) is 18.5 Å². The number of rotatable bonds is 3. The van der Waals surface area contributed by atoms with Crippen LogP contribution in [0, 0.1) is 0 Å². The minimum atomic E-state index is -0.830. The molecule has 1 heterocycles. The second-order valence-corrected chi connectivity index (χ2v) is 3.59. The highest BCUT2D eigenvalue weighted by Gasteiger charge is 2.20. The summed E-state index contributed by atoms with van der Waals surface area (Å²) in [7, 11) is 0. The molecule has 78 valence electrons. The topological polar surface area (TPSA) is 40.5 Å². The van der Waals surface area contributed by atoms with Crippen molar-refractivity contribution in [3.05, 3.63) is 47.7 Å². The van der Waals surface area contributed by atoms with Gasteiger partial charge in [-0.25, -0.2) is 4.79 Å². The fourth-order valence-corrected chi connectivity index (χ4v) is 1.80. The minimum Gasteiger partial charge on any atom is -0.477 e. The highest BCUT2D eigenvalue weighted by molar-refractivity contribution is 5.86. The number of nitrogens with zero attached hydrogens (tertiary/aromatic N) is 1. The number of benzene rings is 1. The fraction of sp³-hybridized carbons (Fsp3) is 0.250. The Balaban J connectivity index is 2.08. The average Bonchev–Trinajstić information content (AvgIpc) is 2.67. The first kappa shape index (κ1) is 9.77. The highest BCUT2D eigenvalue weighted by atomic mass is 16.4. The maximum Gasteiger partial charge on any atom is 0.351 e. The van der Waals surface area contributed by atoms with Crippen molar-refractivity contribution in [1.82, 2.24) is 4.90 Å². The summed E-state index contributed by atoms with van der Waals surface area (Å²) in [6, 6.07) is 9.92. The quantitative estimate of drug-likeness (QED) is 0.815. The summed E-state index contributed by atoms with van der Waals surface area (Å²) in [5.74, 6) is -0.830. The highest BCUT2D eigenvalue weighted by Crippen LogP contribution is 2.18. The molecule has 0 bridgehead atoms. The maximum absolute atomic E-state index is 10.9. The van der Waals surface area contributed by atoms with E-state index < -0.39 is 5.97 Å². The third-order valence-electron chi connectivity index (χ3n) is 2.51. The summed E-state index contributed by atoms with van der Waals surface area (Å²) in [6.45, 7) is 1.48. The third kappa shape index (κ3) is 2.18. The molecule has 0 spiro atoms. The Bertz CT molecular complexity index is 384. The fourth-order valence-electron chi connectivity index (χ4n) is 1.80. The second-order valence-electron chi connectivity index (χ2n) is 3.59. The van der Waals surface area contributed by atoms with Gasteiger partial charge in [0, 0.05) is 13.1 Å². The van der Waals surface area contributed by atoms with Gasteiger partial charge in [0.1, 0.15) is 5.70 Å². The lowest BCUT2D eigenvalue weighted by molar-refractivity contribution is -0.134. The number of carboxylic acids is 1. The van der Waals surface area contributed by atoms with Crippen molar-refractivity contribution in [2.75, 3.05) is 6.54 Å². The van der Waals surface area contributed by atoms with Gasteiger partial charge in [-0.1, -0.05) is 36.4 Å². The van der Waals surface area contributed by atoms with Crippen molar-refractivity contribution < 1.29 is 9.90 Å². The maximum atomic E-state index is 10.9. The van der Waals surface area contributed by atoms with Crippen LogP contribution in [0.25, 0.3) is 0 Å². The Labute approximate surface area is 88.6 Å². The van der Waals surface area contributed by atoms with Crippen molar-refractivity contribution in [3.8, 4) is 0 Å². The molecule has 3 heteroatoms. The molecule has 1 N–H and O–H groups in total. The molecular formula is C12H13NO2. The predicted octanol–water partition coefficient (Wildman–Crippen LogP) is 1.86. The van der Waals surface area contributed by atoms with Crippen LogP contribution in [0.15, 0.2) is 42.1 Å². The standard InChI is InChI=1S/C12H13NO2/c14-12(15)11-7-4-8-13(11)9-10-5-2-1-3-6-10/h1-3,5-7H,4,8-9H2,(H,14,15). The molecule has 0 saturated heterocycles. The van der Waals surface area contributed by atoms with E-state index in [1.54, 1.807) is 6.08 Å². The molecule has 1 aromatic carbocycles. The van der Waals surface area contributed by atoms with Crippen molar-refractivity contribution in [1.29, 1.82) is 0 Å². The average molecular weight is 203 g/mol. The lowest BCUT2D eigenvalue weighted by Crippen LogP contribution is -2.23. The summed E-state index contributed by atoms with van der Waals surface area (Å²) in [5.41, 5.74) is 1.57. The van der Waals surface area contributed by atoms with Crippen LogP contribution in [-0.4, -0.2) is 22.5 Å². The Kier molecular flexibility index (Phi) is 2.72. The molecule has 0 fully saturated rings. The van der Waals surface area contributed by atoms with Gasteiger partial charge in [0.05, 0.1) is 0 Å². The summed E-state index contributed by atoms with van der Waals surface area (Å²) in [6.07, 6.45) is 2.61. The smallest absolute Gasteiger partial charge is 0.351 e. The SMILES string of the molecule is O=C(O)C1=CCCN1Cc1ccccc1. The molecule has 0 atom stereocenters. The van der Waals surface area contributed by atoms with Crippen LogP contribution >= 0.6 is 0 Å². The van der Waals surface area contributed by atoms with Gasteiger partial charge in [-0.05, 0) is 12.0 Å². The first-order valence-electron chi connectivity index (χ1n) is 4.99. The molecule has 2 rings (SSSR count). The van der Waals surface area contributed by atoms with E-state index in [4.69, 9.17) is 5.11 Å². The van der Waals surface area contributed by atoms with Gasteiger partial charge >= 0.3 is 5.97 Å². The van der Waals surface area contributed by atoms with Crippen LogP contribution in [-0.2, 0) is 11.3 Å². The van der Waals surface area contributed by atoms with E-state index in [1.165, 1.54) is 0 Å². The molecular weight excluding hydrogens is 190 g/mol. The van der Waals surface area contributed by atoms with Crippen LogP contribution in [0.2, 0.25) is 0 Å². The summed E-state index contributed by atoms with van der Waals surface area (Å²) < 4.78 is 0. The lowest BCUT2D eigenvalue weighted by atomic mass is 10.2. The van der Waals surface area contributed by atoms with E-state index in [1.807, 2.05) is 35.2 Å². The van der Waals surface area contributed by atoms with Crippen molar-refractivity contribution in [2.24, 2.45) is 0 Å². The first-order chi connectivity index (χ1) is 7.27. The Morgan fingerprint density at radius 2 is 2.07 bits per heavy atom. The molecule has 3 nitrogen and oxygen atoms in total. The first-order valence-corrected chi connectivity index (χ1v) is 4.99. The number of hydrogen-bond acceptors (Lipinski definition) is 2. The van der Waals surface area contributed by atoms with Crippen molar-refractivity contribution in [3.63, 3.8) is 0 Å². The second kappa shape index (κ2) is 4.17. The normalized spacial score (nSPS) is 15.2. The van der Waals surface area contributed by atoms with E-state index in [0.29, 0.717) is 12.2 Å². The van der Waals surface area contributed by atoms with Gasteiger partial charge in [-0.15, -0.1) is 0 Å². The third-order valence-corrected chi connectivity index (χ3v) is 2.51.